The lowest BCUT2D eigenvalue weighted by Gasteiger charge is -2.03. The van der Waals surface area contributed by atoms with E-state index in [1.54, 1.807) is 0 Å². The monoisotopic (exact) mass is 250 g/mol. The maximum absolute atomic E-state index is 13.8. The van der Waals surface area contributed by atoms with Crippen LogP contribution in [-0.4, -0.2) is 28.1 Å². The van der Waals surface area contributed by atoms with Crippen molar-refractivity contribution in [1.29, 1.82) is 0 Å². The first-order valence-electron chi connectivity index (χ1n) is 5.04. The maximum atomic E-state index is 13.8. The van der Waals surface area contributed by atoms with E-state index >= 15 is 0 Å². The molecule has 2 N–H and O–H groups in total. The molecule has 0 radical (unpaired) electrons. The highest BCUT2D eigenvalue weighted by molar-refractivity contribution is 5.87. The largest absolute Gasteiger partial charge is 0.477 e. The molecule has 0 unspecified atom stereocenters. The average Bonchev–Trinajstić information content (AvgIpc) is 2.95. The van der Waals surface area contributed by atoms with Gasteiger partial charge in [0.15, 0.2) is 11.5 Å². The van der Waals surface area contributed by atoms with Crippen molar-refractivity contribution in [3.63, 3.8) is 0 Å². The first kappa shape index (κ1) is 10.6. The van der Waals surface area contributed by atoms with E-state index in [0.29, 0.717) is 5.75 Å². The topological polar surface area (TPSA) is 84.4 Å². The van der Waals surface area contributed by atoms with Crippen molar-refractivity contribution in [2.45, 2.75) is 0 Å². The lowest BCUT2D eigenvalue weighted by Crippen LogP contribution is -1.95. The molecule has 1 aliphatic heterocycles. The number of halogens is 1. The van der Waals surface area contributed by atoms with Crippen LogP contribution in [0.25, 0.3) is 11.3 Å². The number of aromatic amines is 1. The van der Waals surface area contributed by atoms with Crippen LogP contribution in [0.5, 0.6) is 11.5 Å². The van der Waals surface area contributed by atoms with E-state index in [0.717, 1.165) is 0 Å². The molecule has 6 nitrogen and oxygen atoms in total. The number of carboxylic acids is 1. The minimum atomic E-state index is -1.17. The van der Waals surface area contributed by atoms with Gasteiger partial charge in [0.05, 0.1) is 11.3 Å². The van der Waals surface area contributed by atoms with Crippen LogP contribution in [0.2, 0.25) is 0 Å². The van der Waals surface area contributed by atoms with Crippen LogP contribution >= 0.6 is 0 Å². The van der Waals surface area contributed by atoms with Crippen molar-refractivity contribution < 1.29 is 23.8 Å². The van der Waals surface area contributed by atoms with Gasteiger partial charge in [0.25, 0.3) is 0 Å². The molecule has 0 fully saturated rings. The van der Waals surface area contributed by atoms with Crippen LogP contribution in [0, 0.1) is 5.82 Å². The number of hydrogen-bond donors (Lipinski definition) is 2. The highest BCUT2D eigenvalue weighted by Gasteiger charge is 2.24. The van der Waals surface area contributed by atoms with Crippen LogP contribution < -0.4 is 9.47 Å². The van der Waals surface area contributed by atoms with Crippen LogP contribution in [-0.2, 0) is 0 Å². The minimum absolute atomic E-state index is 0.00198. The summed E-state index contributed by atoms with van der Waals surface area (Å²) in [4.78, 5) is 10.7. The van der Waals surface area contributed by atoms with Gasteiger partial charge in [0, 0.05) is 0 Å². The zero-order valence-electron chi connectivity index (χ0n) is 8.94. The highest BCUT2D eigenvalue weighted by atomic mass is 19.1. The van der Waals surface area contributed by atoms with Gasteiger partial charge in [-0.05, 0) is 18.2 Å². The molecular formula is C11H7FN2O4. The fourth-order valence-electron chi connectivity index (χ4n) is 1.75. The summed E-state index contributed by atoms with van der Waals surface area (Å²) in [5, 5.41) is 14.9. The van der Waals surface area contributed by atoms with E-state index in [-0.39, 0.29) is 29.5 Å². The number of nitrogens with zero attached hydrogens (tertiary/aromatic N) is 1. The smallest absolute Gasteiger partial charge is 0.353 e. The number of carbonyl (C=O) groups is 1. The Morgan fingerprint density at radius 2 is 2.28 bits per heavy atom. The van der Waals surface area contributed by atoms with Crippen LogP contribution in [0.4, 0.5) is 4.39 Å². The van der Waals surface area contributed by atoms with Crippen molar-refractivity contribution >= 4 is 5.97 Å². The van der Waals surface area contributed by atoms with Gasteiger partial charge >= 0.3 is 5.97 Å². The van der Waals surface area contributed by atoms with Gasteiger partial charge in [-0.15, -0.1) is 0 Å². The van der Waals surface area contributed by atoms with Crippen molar-refractivity contribution in [2.24, 2.45) is 0 Å². The van der Waals surface area contributed by atoms with E-state index in [1.807, 2.05) is 0 Å². The van der Waals surface area contributed by atoms with Crippen molar-refractivity contribution in [3.8, 4) is 22.8 Å². The average molecular weight is 250 g/mol. The predicted molar refractivity (Wildman–Crippen MR) is 57.1 cm³/mol. The van der Waals surface area contributed by atoms with E-state index < -0.39 is 11.8 Å². The Morgan fingerprint density at radius 1 is 1.44 bits per heavy atom. The molecule has 2 heterocycles. The number of ether oxygens (including phenoxy) is 2. The lowest BCUT2D eigenvalue weighted by atomic mass is 10.1. The van der Waals surface area contributed by atoms with Gasteiger partial charge in [-0.2, -0.15) is 5.10 Å². The zero-order valence-corrected chi connectivity index (χ0v) is 8.94. The molecule has 0 bridgehead atoms. The third-order valence-corrected chi connectivity index (χ3v) is 2.55. The third-order valence-electron chi connectivity index (χ3n) is 2.55. The van der Waals surface area contributed by atoms with Gasteiger partial charge in [-0.3, -0.25) is 5.10 Å². The predicted octanol–water partition coefficient (Wildman–Crippen LogP) is 1.64. The van der Waals surface area contributed by atoms with Crippen molar-refractivity contribution in [1.82, 2.24) is 10.2 Å². The number of H-pyrrole nitrogens is 1. The number of aromatic nitrogens is 2. The lowest BCUT2D eigenvalue weighted by molar-refractivity contribution is 0.0690. The van der Waals surface area contributed by atoms with Crippen molar-refractivity contribution in [2.75, 3.05) is 6.79 Å². The van der Waals surface area contributed by atoms with Gasteiger partial charge in [0.2, 0.25) is 6.79 Å². The molecule has 3 rings (SSSR count). The van der Waals surface area contributed by atoms with Gasteiger partial charge in [-0.25, -0.2) is 9.18 Å². The maximum Gasteiger partial charge on any atom is 0.353 e. The summed E-state index contributed by atoms with van der Waals surface area (Å²) in [7, 11) is 0. The number of fused-ring (bicyclic) bond motifs is 1. The Balaban J connectivity index is 2.16. The number of benzene rings is 1. The Morgan fingerprint density at radius 3 is 3.00 bits per heavy atom. The number of aromatic carboxylic acids is 1. The molecule has 0 amide bonds. The highest BCUT2D eigenvalue weighted by Crippen LogP contribution is 2.42. The molecule has 0 atom stereocenters. The SMILES string of the molecule is O=C(O)c1cc(-c2c(F)ccc3c2OCO3)n[nH]1. The van der Waals surface area contributed by atoms with Crippen LogP contribution in [0.1, 0.15) is 10.5 Å². The Labute approximate surface area is 100.0 Å². The first-order chi connectivity index (χ1) is 8.66. The third kappa shape index (κ3) is 1.48. The number of hydrogen-bond acceptors (Lipinski definition) is 4. The second kappa shape index (κ2) is 3.73. The fraction of sp³-hybridized carbons (Fsp3) is 0.0909. The zero-order chi connectivity index (χ0) is 12.7. The Kier molecular flexibility index (Phi) is 2.19. The van der Waals surface area contributed by atoms with E-state index in [4.69, 9.17) is 14.6 Å². The molecular weight excluding hydrogens is 243 g/mol. The standard InChI is InChI=1S/C11H7FN2O4/c12-5-1-2-8-10(18-4-17-8)9(5)6-3-7(11(15)16)14-13-6/h1-3H,4H2,(H,13,14)(H,15,16). The second-order valence-electron chi connectivity index (χ2n) is 3.63. The molecule has 18 heavy (non-hydrogen) atoms. The summed E-state index contributed by atoms with van der Waals surface area (Å²) in [5.74, 6) is -1.08. The normalized spacial score (nSPS) is 12.7. The van der Waals surface area contributed by atoms with Gasteiger partial charge in [0.1, 0.15) is 11.5 Å². The molecule has 1 aromatic heterocycles. The molecule has 0 spiro atoms. The van der Waals surface area contributed by atoms with Gasteiger partial charge in [-0.1, -0.05) is 0 Å². The molecule has 1 aliphatic rings. The molecule has 0 aliphatic carbocycles. The minimum Gasteiger partial charge on any atom is -0.477 e. The van der Waals surface area contributed by atoms with Crippen molar-refractivity contribution in [3.05, 3.63) is 29.7 Å². The summed E-state index contributed by atoms with van der Waals surface area (Å²) in [6.07, 6.45) is 0. The molecule has 92 valence electrons. The summed E-state index contributed by atoms with van der Waals surface area (Å²) in [6, 6.07) is 3.91. The fourth-order valence-corrected chi connectivity index (χ4v) is 1.75. The molecule has 0 saturated carbocycles. The van der Waals surface area contributed by atoms with Crippen LogP contribution in [0.15, 0.2) is 18.2 Å². The number of carboxylic acid groups (broad SMARTS) is 1. The summed E-state index contributed by atoms with van der Waals surface area (Å²) in [6.45, 7) is 0.00198. The summed E-state index contributed by atoms with van der Waals surface area (Å²) < 4.78 is 24.1. The Bertz CT molecular complexity index is 638. The summed E-state index contributed by atoms with van der Waals surface area (Å²) in [5.41, 5.74) is 0.127. The molecule has 0 saturated heterocycles. The van der Waals surface area contributed by atoms with E-state index in [9.17, 15) is 9.18 Å². The van der Waals surface area contributed by atoms with E-state index in [2.05, 4.69) is 10.2 Å². The second-order valence-corrected chi connectivity index (χ2v) is 3.63. The molecule has 7 heteroatoms. The Hall–Kier alpha value is -2.57. The van der Waals surface area contributed by atoms with Crippen LogP contribution in [0.3, 0.4) is 0 Å². The van der Waals surface area contributed by atoms with Gasteiger partial charge < -0.3 is 14.6 Å². The molecule has 1 aromatic carbocycles. The number of rotatable bonds is 2. The summed E-state index contributed by atoms with van der Waals surface area (Å²) >= 11 is 0. The van der Waals surface area contributed by atoms with E-state index in [1.165, 1.54) is 18.2 Å². The molecule has 2 aromatic rings. The first-order valence-corrected chi connectivity index (χ1v) is 5.04. The quantitative estimate of drug-likeness (QED) is 0.846. The number of nitrogens with one attached hydrogen (secondary N) is 1.